The van der Waals surface area contributed by atoms with Crippen LogP contribution >= 0.6 is 0 Å². The third-order valence-electron chi connectivity index (χ3n) is 2.68. The van der Waals surface area contributed by atoms with Crippen molar-refractivity contribution in [1.82, 2.24) is 20.2 Å². The van der Waals surface area contributed by atoms with E-state index in [-0.39, 0.29) is 5.91 Å². The number of aryl methyl sites for hydroxylation is 1. The summed E-state index contributed by atoms with van der Waals surface area (Å²) in [7, 11) is 0. The van der Waals surface area contributed by atoms with Gasteiger partial charge in [0.1, 0.15) is 5.69 Å². The molecule has 1 aromatic rings. The molecule has 1 amide bonds. The first kappa shape index (κ1) is 11.0. The van der Waals surface area contributed by atoms with Crippen LogP contribution in [0.4, 0.5) is 0 Å². The molecule has 0 saturated carbocycles. The van der Waals surface area contributed by atoms with Crippen molar-refractivity contribution in [3.05, 3.63) is 23.8 Å². The van der Waals surface area contributed by atoms with E-state index >= 15 is 0 Å². The van der Waals surface area contributed by atoms with E-state index in [4.69, 9.17) is 0 Å². The number of aromatic nitrogens is 2. The van der Waals surface area contributed by atoms with Crippen LogP contribution in [0.25, 0.3) is 0 Å². The summed E-state index contributed by atoms with van der Waals surface area (Å²) in [6, 6.07) is 0. The lowest BCUT2D eigenvalue weighted by Gasteiger charge is -2.14. The lowest BCUT2D eigenvalue weighted by atomic mass is 10.4. The number of hydrogen-bond donors (Lipinski definition) is 1. The molecule has 1 saturated heterocycles. The molecule has 0 atom stereocenters. The highest BCUT2D eigenvalue weighted by Crippen LogP contribution is 2.05. The minimum atomic E-state index is -0.153. The summed E-state index contributed by atoms with van der Waals surface area (Å²) in [5, 5.41) is 2.84. The van der Waals surface area contributed by atoms with Crippen LogP contribution in [0.3, 0.4) is 0 Å². The van der Waals surface area contributed by atoms with Crippen LogP contribution in [0.1, 0.15) is 29.0 Å². The Hall–Kier alpha value is -1.49. The van der Waals surface area contributed by atoms with E-state index in [2.05, 4.69) is 20.2 Å². The minimum absolute atomic E-state index is 0.153. The van der Waals surface area contributed by atoms with Crippen molar-refractivity contribution in [3.8, 4) is 0 Å². The number of likely N-dealkylation sites (tertiary alicyclic amines) is 1. The number of nitrogens with one attached hydrogen (secondary N) is 1. The number of carbonyl (C=O) groups excluding carboxylic acids is 1. The zero-order valence-corrected chi connectivity index (χ0v) is 9.44. The Bertz CT molecular complexity index is 357. The van der Waals surface area contributed by atoms with Crippen molar-refractivity contribution in [1.29, 1.82) is 0 Å². The molecule has 1 aliphatic heterocycles. The van der Waals surface area contributed by atoms with Gasteiger partial charge in [0, 0.05) is 6.20 Å². The fourth-order valence-electron chi connectivity index (χ4n) is 1.72. The molecule has 1 aromatic heterocycles. The second-order valence-electron chi connectivity index (χ2n) is 4.03. The van der Waals surface area contributed by atoms with E-state index in [1.807, 2.05) is 6.92 Å². The zero-order valence-electron chi connectivity index (χ0n) is 9.44. The first-order valence-corrected chi connectivity index (χ1v) is 5.55. The van der Waals surface area contributed by atoms with Gasteiger partial charge in [0.05, 0.1) is 18.6 Å². The monoisotopic (exact) mass is 220 g/mol. The van der Waals surface area contributed by atoms with Crippen molar-refractivity contribution in [2.75, 3.05) is 19.8 Å². The molecule has 1 N–H and O–H groups in total. The van der Waals surface area contributed by atoms with E-state index < -0.39 is 0 Å². The van der Waals surface area contributed by atoms with Crippen molar-refractivity contribution < 1.29 is 4.79 Å². The van der Waals surface area contributed by atoms with E-state index in [9.17, 15) is 4.79 Å². The number of carbonyl (C=O) groups is 1. The standard InChI is InChI=1S/C11H16N4O/c1-9-6-13-10(7-12-9)11(16)14-8-15-4-2-3-5-15/h6-7H,2-5,8H2,1H3,(H,14,16). The first-order valence-electron chi connectivity index (χ1n) is 5.55. The molecule has 0 radical (unpaired) electrons. The third-order valence-corrected chi connectivity index (χ3v) is 2.68. The number of nitrogens with zero attached hydrogens (tertiary/aromatic N) is 3. The smallest absolute Gasteiger partial charge is 0.272 e. The minimum Gasteiger partial charge on any atom is -0.338 e. The third kappa shape index (κ3) is 2.76. The van der Waals surface area contributed by atoms with Crippen LogP contribution in [0, 0.1) is 6.92 Å². The molecule has 1 fully saturated rings. The summed E-state index contributed by atoms with van der Waals surface area (Å²) >= 11 is 0. The maximum atomic E-state index is 11.7. The van der Waals surface area contributed by atoms with Crippen molar-refractivity contribution in [3.63, 3.8) is 0 Å². The van der Waals surface area contributed by atoms with Crippen LogP contribution < -0.4 is 5.32 Å². The molecule has 0 spiro atoms. The summed E-state index contributed by atoms with van der Waals surface area (Å²) in [6.45, 7) is 4.59. The Balaban J connectivity index is 1.85. The van der Waals surface area contributed by atoms with Crippen LogP contribution in [-0.4, -0.2) is 40.5 Å². The van der Waals surface area contributed by atoms with Gasteiger partial charge in [-0.25, -0.2) is 4.98 Å². The largest absolute Gasteiger partial charge is 0.338 e. The Labute approximate surface area is 94.9 Å². The number of rotatable bonds is 3. The predicted octanol–water partition coefficient (Wildman–Crippen LogP) is 0.568. The van der Waals surface area contributed by atoms with Gasteiger partial charge in [-0.3, -0.25) is 14.7 Å². The molecule has 0 aliphatic carbocycles. The van der Waals surface area contributed by atoms with E-state index in [1.165, 1.54) is 19.0 Å². The Morgan fingerprint density at radius 2 is 2.12 bits per heavy atom. The first-order chi connectivity index (χ1) is 7.75. The second-order valence-corrected chi connectivity index (χ2v) is 4.03. The Morgan fingerprint density at radius 3 is 2.75 bits per heavy atom. The fourth-order valence-corrected chi connectivity index (χ4v) is 1.72. The molecular weight excluding hydrogens is 204 g/mol. The lowest BCUT2D eigenvalue weighted by Crippen LogP contribution is -2.36. The van der Waals surface area contributed by atoms with Gasteiger partial charge in [-0.2, -0.15) is 0 Å². The molecule has 2 rings (SSSR count). The maximum absolute atomic E-state index is 11.7. The molecule has 16 heavy (non-hydrogen) atoms. The quantitative estimate of drug-likeness (QED) is 0.809. The predicted molar refractivity (Wildman–Crippen MR) is 59.9 cm³/mol. The highest BCUT2D eigenvalue weighted by atomic mass is 16.2. The fraction of sp³-hybridized carbons (Fsp3) is 0.545. The van der Waals surface area contributed by atoms with Gasteiger partial charge in [-0.15, -0.1) is 0 Å². The summed E-state index contributed by atoms with van der Waals surface area (Å²) in [5.41, 5.74) is 1.20. The molecule has 5 heteroatoms. The Morgan fingerprint density at radius 1 is 1.38 bits per heavy atom. The van der Waals surface area contributed by atoms with Crippen molar-refractivity contribution in [2.45, 2.75) is 19.8 Å². The molecule has 86 valence electrons. The highest BCUT2D eigenvalue weighted by molar-refractivity contribution is 5.91. The number of amides is 1. The molecule has 0 bridgehead atoms. The average Bonchev–Trinajstić information content (AvgIpc) is 2.80. The van der Waals surface area contributed by atoms with Crippen LogP contribution in [0.5, 0.6) is 0 Å². The zero-order chi connectivity index (χ0) is 11.4. The Kier molecular flexibility index (Phi) is 3.46. The average molecular weight is 220 g/mol. The summed E-state index contributed by atoms with van der Waals surface area (Å²) in [4.78, 5) is 22.0. The summed E-state index contributed by atoms with van der Waals surface area (Å²) in [6.07, 6.45) is 5.56. The maximum Gasteiger partial charge on any atom is 0.272 e. The topological polar surface area (TPSA) is 58.1 Å². The van der Waals surface area contributed by atoms with Crippen molar-refractivity contribution >= 4 is 5.91 Å². The lowest BCUT2D eigenvalue weighted by molar-refractivity contribution is 0.0924. The van der Waals surface area contributed by atoms with Crippen molar-refractivity contribution in [2.24, 2.45) is 0 Å². The molecular formula is C11H16N4O. The normalized spacial score (nSPS) is 16.3. The molecule has 0 aromatic carbocycles. The van der Waals surface area contributed by atoms with E-state index in [0.29, 0.717) is 12.4 Å². The van der Waals surface area contributed by atoms with Crippen LogP contribution in [0.2, 0.25) is 0 Å². The second kappa shape index (κ2) is 5.03. The summed E-state index contributed by atoms with van der Waals surface area (Å²) < 4.78 is 0. The van der Waals surface area contributed by atoms with Crippen LogP contribution in [-0.2, 0) is 0 Å². The molecule has 5 nitrogen and oxygen atoms in total. The van der Waals surface area contributed by atoms with Gasteiger partial charge in [0.25, 0.3) is 5.91 Å². The highest BCUT2D eigenvalue weighted by Gasteiger charge is 2.13. The SMILES string of the molecule is Cc1cnc(C(=O)NCN2CCCC2)cn1. The molecule has 0 unspecified atom stereocenters. The molecule has 2 heterocycles. The van der Waals surface area contributed by atoms with Gasteiger partial charge in [-0.05, 0) is 32.9 Å². The van der Waals surface area contributed by atoms with Gasteiger partial charge >= 0.3 is 0 Å². The van der Waals surface area contributed by atoms with Crippen LogP contribution in [0.15, 0.2) is 12.4 Å². The van der Waals surface area contributed by atoms with E-state index in [1.54, 1.807) is 6.20 Å². The van der Waals surface area contributed by atoms with Gasteiger partial charge < -0.3 is 5.32 Å². The number of hydrogen-bond acceptors (Lipinski definition) is 4. The van der Waals surface area contributed by atoms with Gasteiger partial charge in [0.15, 0.2) is 0 Å². The van der Waals surface area contributed by atoms with E-state index in [0.717, 1.165) is 18.8 Å². The summed E-state index contributed by atoms with van der Waals surface area (Å²) in [5.74, 6) is -0.153. The van der Waals surface area contributed by atoms with Gasteiger partial charge in [0.2, 0.25) is 0 Å². The van der Waals surface area contributed by atoms with Gasteiger partial charge in [-0.1, -0.05) is 0 Å². The molecule has 1 aliphatic rings.